The monoisotopic (exact) mass is 369 g/mol. The number of rotatable bonds is 7. The zero-order valence-electron chi connectivity index (χ0n) is 15.7. The van der Waals surface area contributed by atoms with Gasteiger partial charge in [0.15, 0.2) is 0 Å². The molecule has 140 valence electrons. The van der Waals surface area contributed by atoms with Gasteiger partial charge in [-0.15, -0.1) is 0 Å². The van der Waals surface area contributed by atoms with Crippen LogP contribution in [0, 0.1) is 0 Å². The second-order valence-corrected chi connectivity index (χ2v) is 6.93. The minimum Gasteiger partial charge on any atom is -0.343 e. The van der Waals surface area contributed by atoms with Gasteiger partial charge in [-0.05, 0) is 42.2 Å². The van der Waals surface area contributed by atoms with Gasteiger partial charge in [0.2, 0.25) is 5.91 Å². The van der Waals surface area contributed by atoms with Crippen molar-refractivity contribution in [2.45, 2.75) is 25.8 Å². The van der Waals surface area contributed by atoms with E-state index in [1.807, 2.05) is 18.2 Å². The van der Waals surface area contributed by atoms with Crippen LogP contribution in [-0.4, -0.2) is 15.5 Å². The molecule has 4 heteroatoms. The first-order valence-corrected chi connectivity index (χ1v) is 9.60. The van der Waals surface area contributed by atoms with Crippen molar-refractivity contribution in [3.63, 3.8) is 0 Å². The quantitative estimate of drug-likeness (QED) is 0.496. The summed E-state index contributed by atoms with van der Waals surface area (Å²) in [5.74, 6) is 0.0287. The summed E-state index contributed by atoms with van der Waals surface area (Å²) >= 11 is 0. The number of pyridine rings is 1. The number of hydrogen-bond donors (Lipinski definition) is 1. The number of para-hydroxylation sites is 1. The van der Waals surface area contributed by atoms with Gasteiger partial charge in [-0.2, -0.15) is 0 Å². The molecule has 4 nitrogen and oxygen atoms in total. The topological polar surface area (TPSA) is 46.9 Å². The lowest BCUT2D eigenvalue weighted by atomic mass is 10.1. The van der Waals surface area contributed by atoms with Crippen molar-refractivity contribution in [2.24, 2.45) is 0 Å². The number of carbonyl (C=O) groups is 1. The second-order valence-electron chi connectivity index (χ2n) is 6.93. The smallest absolute Gasteiger partial charge is 0.224 e. The maximum absolute atomic E-state index is 12.2. The normalized spacial score (nSPS) is 10.9. The molecule has 0 aliphatic heterocycles. The SMILES string of the molecule is O=C(CCCc1cn(Cc2ccccc2)c2ccccc12)Nc1cccnc1. The fourth-order valence-electron chi connectivity index (χ4n) is 3.53. The van der Waals surface area contributed by atoms with Crippen LogP contribution in [0.25, 0.3) is 10.9 Å². The largest absolute Gasteiger partial charge is 0.343 e. The van der Waals surface area contributed by atoms with Crippen LogP contribution < -0.4 is 5.32 Å². The highest BCUT2D eigenvalue weighted by atomic mass is 16.1. The van der Waals surface area contributed by atoms with E-state index in [0.717, 1.165) is 25.1 Å². The van der Waals surface area contributed by atoms with Gasteiger partial charge in [0.05, 0.1) is 11.9 Å². The molecule has 0 saturated carbocycles. The molecule has 0 saturated heterocycles. The van der Waals surface area contributed by atoms with E-state index in [2.05, 4.69) is 69.6 Å². The summed E-state index contributed by atoms with van der Waals surface area (Å²) in [5.41, 5.74) is 4.56. The van der Waals surface area contributed by atoms with Crippen LogP contribution in [0.2, 0.25) is 0 Å². The summed E-state index contributed by atoms with van der Waals surface area (Å²) in [6, 6.07) is 22.6. The Bertz CT molecular complexity index is 1060. The van der Waals surface area contributed by atoms with Gasteiger partial charge >= 0.3 is 0 Å². The van der Waals surface area contributed by atoms with E-state index in [4.69, 9.17) is 0 Å². The van der Waals surface area contributed by atoms with Crippen molar-refractivity contribution in [1.29, 1.82) is 0 Å². The molecule has 4 aromatic rings. The van der Waals surface area contributed by atoms with Crippen LogP contribution in [0.4, 0.5) is 5.69 Å². The van der Waals surface area contributed by atoms with Crippen LogP contribution in [0.3, 0.4) is 0 Å². The Morgan fingerprint density at radius 1 is 0.964 bits per heavy atom. The van der Waals surface area contributed by atoms with Gasteiger partial charge in [-0.3, -0.25) is 9.78 Å². The molecule has 2 aromatic carbocycles. The molecule has 0 atom stereocenters. The van der Waals surface area contributed by atoms with E-state index in [0.29, 0.717) is 6.42 Å². The molecule has 0 fully saturated rings. The summed E-state index contributed by atoms with van der Waals surface area (Å²) in [7, 11) is 0. The lowest BCUT2D eigenvalue weighted by Crippen LogP contribution is -2.11. The number of benzene rings is 2. The Hall–Kier alpha value is -3.40. The molecule has 0 aliphatic rings. The maximum Gasteiger partial charge on any atom is 0.224 e. The van der Waals surface area contributed by atoms with Gasteiger partial charge < -0.3 is 9.88 Å². The van der Waals surface area contributed by atoms with Crippen LogP contribution in [0.1, 0.15) is 24.0 Å². The van der Waals surface area contributed by atoms with E-state index in [1.54, 1.807) is 12.4 Å². The van der Waals surface area contributed by atoms with Gasteiger partial charge in [0, 0.05) is 36.3 Å². The van der Waals surface area contributed by atoms with Gasteiger partial charge in [0.25, 0.3) is 0 Å². The first kappa shape index (κ1) is 18.0. The second kappa shape index (κ2) is 8.53. The minimum atomic E-state index is 0.0287. The number of hydrogen-bond acceptors (Lipinski definition) is 2. The minimum absolute atomic E-state index is 0.0287. The zero-order valence-corrected chi connectivity index (χ0v) is 15.7. The number of carbonyl (C=O) groups excluding carboxylic acids is 1. The Morgan fingerprint density at radius 2 is 1.79 bits per heavy atom. The number of nitrogens with one attached hydrogen (secondary N) is 1. The highest BCUT2D eigenvalue weighted by molar-refractivity contribution is 5.90. The van der Waals surface area contributed by atoms with Crippen molar-refractivity contribution < 1.29 is 4.79 Å². The van der Waals surface area contributed by atoms with Gasteiger partial charge in [-0.25, -0.2) is 0 Å². The summed E-state index contributed by atoms with van der Waals surface area (Å²) in [4.78, 5) is 16.2. The molecular weight excluding hydrogens is 346 g/mol. The molecule has 0 spiro atoms. The molecule has 0 radical (unpaired) electrons. The van der Waals surface area contributed by atoms with E-state index >= 15 is 0 Å². The number of amides is 1. The summed E-state index contributed by atoms with van der Waals surface area (Å²) in [5, 5.41) is 4.17. The number of nitrogens with zero attached hydrogens (tertiary/aromatic N) is 2. The summed E-state index contributed by atoms with van der Waals surface area (Å²) < 4.78 is 2.30. The van der Waals surface area contributed by atoms with Gasteiger partial charge in [-0.1, -0.05) is 48.5 Å². The average Bonchev–Trinajstić information content (AvgIpc) is 3.07. The number of aryl methyl sites for hydroxylation is 1. The van der Waals surface area contributed by atoms with Gasteiger partial charge in [0.1, 0.15) is 0 Å². The molecule has 4 rings (SSSR count). The standard InChI is InChI=1S/C24H23N3O/c28-24(26-21-11-7-15-25-16-21)14-6-10-20-18-27(17-19-8-2-1-3-9-19)23-13-5-4-12-22(20)23/h1-5,7-9,11-13,15-16,18H,6,10,14,17H2,(H,26,28). The Balaban J connectivity index is 1.43. The molecule has 0 aliphatic carbocycles. The van der Waals surface area contributed by atoms with Crippen molar-refractivity contribution in [2.75, 3.05) is 5.32 Å². The third-order valence-electron chi connectivity index (χ3n) is 4.86. The molecule has 1 amide bonds. The fourth-order valence-corrected chi connectivity index (χ4v) is 3.53. The molecular formula is C24H23N3O. The third-order valence-corrected chi connectivity index (χ3v) is 4.86. The van der Waals surface area contributed by atoms with E-state index in [1.165, 1.54) is 22.0 Å². The van der Waals surface area contributed by atoms with Crippen LogP contribution in [-0.2, 0) is 17.8 Å². The maximum atomic E-state index is 12.2. The highest BCUT2D eigenvalue weighted by Gasteiger charge is 2.10. The average molecular weight is 369 g/mol. The predicted octanol–water partition coefficient (Wildman–Crippen LogP) is 5.05. The Kier molecular flexibility index (Phi) is 5.48. The van der Waals surface area contributed by atoms with Crippen molar-refractivity contribution in [1.82, 2.24) is 9.55 Å². The van der Waals surface area contributed by atoms with Crippen molar-refractivity contribution >= 4 is 22.5 Å². The lowest BCUT2D eigenvalue weighted by molar-refractivity contribution is -0.116. The summed E-state index contributed by atoms with van der Waals surface area (Å²) in [6.07, 6.45) is 7.77. The molecule has 1 N–H and O–H groups in total. The molecule has 0 bridgehead atoms. The highest BCUT2D eigenvalue weighted by Crippen LogP contribution is 2.24. The fraction of sp³-hybridized carbons (Fsp3) is 0.167. The Morgan fingerprint density at radius 3 is 2.61 bits per heavy atom. The number of fused-ring (bicyclic) bond motifs is 1. The lowest BCUT2D eigenvalue weighted by Gasteiger charge is -2.05. The van der Waals surface area contributed by atoms with E-state index in [-0.39, 0.29) is 5.91 Å². The molecule has 0 unspecified atom stereocenters. The molecule has 2 heterocycles. The Labute approximate surface area is 164 Å². The van der Waals surface area contributed by atoms with Crippen LogP contribution >= 0.6 is 0 Å². The zero-order chi connectivity index (χ0) is 19.2. The molecule has 28 heavy (non-hydrogen) atoms. The first-order chi connectivity index (χ1) is 13.8. The van der Waals surface area contributed by atoms with E-state index in [9.17, 15) is 4.79 Å². The van der Waals surface area contributed by atoms with Crippen molar-refractivity contribution in [3.05, 3.63) is 96.4 Å². The number of aromatic nitrogens is 2. The summed E-state index contributed by atoms with van der Waals surface area (Å²) in [6.45, 7) is 0.850. The van der Waals surface area contributed by atoms with E-state index < -0.39 is 0 Å². The number of anilines is 1. The third kappa shape index (κ3) is 4.29. The predicted molar refractivity (Wildman–Crippen MR) is 113 cm³/mol. The molecule has 2 aromatic heterocycles. The first-order valence-electron chi connectivity index (χ1n) is 9.60. The van der Waals surface area contributed by atoms with Crippen LogP contribution in [0.15, 0.2) is 85.3 Å². The van der Waals surface area contributed by atoms with Crippen LogP contribution in [0.5, 0.6) is 0 Å². The van der Waals surface area contributed by atoms with Crippen molar-refractivity contribution in [3.8, 4) is 0 Å².